The monoisotopic (exact) mass is 311 g/mol. The lowest BCUT2D eigenvalue weighted by molar-refractivity contribution is -0.259. The van der Waals surface area contributed by atoms with E-state index in [1.807, 2.05) is 0 Å². The average molecular weight is 312 g/mol. The molecule has 1 aromatic rings. The molecule has 0 bridgehead atoms. The van der Waals surface area contributed by atoms with Crippen LogP contribution in [0.5, 0.6) is 0 Å². The van der Waals surface area contributed by atoms with Crippen LogP contribution in [-0.2, 0) is 10.1 Å². The maximum atomic E-state index is 13.6. The Bertz CT molecular complexity index is 479. The highest BCUT2D eigenvalue weighted by Crippen LogP contribution is 2.59. The number of nitrogens with one attached hydrogen (secondary N) is 1. The highest BCUT2D eigenvalue weighted by molar-refractivity contribution is 7.09. The minimum atomic E-state index is -4.51. The van der Waals surface area contributed by atoms with Gasteiger partial charge in [-0.25, -0.2) is 0 Å². The lowest BCUT2D eigenvalue weighted by Crippen LogP contribution is -2.45. The minimum absolute atomic E-state index is 0.0347. The number of halogens is 4. The third kappa shape index (κ3) is 2.44. The van der Waals surface area contributed by atoms with Crippen LogP contribution in [0, 0.1) is 5.92 Å². The second-order valence-corrected chi connectivity index (χ2v) is 5.24. The van der Waals surface area contributed by atoms with Crippen LogP contribution in [0.15, 0.2) is 18.2 Å². The summed E-state index contributed by atoms with van der Waals surface area (Å²) in [5, 5.41) is 3.02. The quantitative estimate of drug-likeness (QED) is 0.834. The second kappa shape index (κ2) is 5.12. The lowest BCUT2D eigenvalue weighted by atomic mass is 9.86. The van der Waals surface area contributed by atoms with E-state index in [0.29, 0.717) is 18.5 Å². The van der Waals surface area contributed by atoms with Gasteiger partial charge in [-0.2, -0.15) is 13.2 Å². The Morgan fingerprint density at radius 1 is 1.37 bits per heavy atom. The summed E-state index contributed by atoms with van der Waals surface area (Å²) in [6.45, 7) is 0. The first-order valence-electron chi connectivity index (χ1n) is 5.79. The molecular weight excluding hydrogens is 298 g/mol. The minimum Gasteiger partial charge on any atom is -0.388 e. The topological polar surface area (TPSA) is 21.3 Å². The zero-order valence-corrected chi connectivity index (χ0v) is 12.1. The Kier molecular flexibility index (Phi) is 4.01. The van der Waals surface area contributed by atoms with Crippen molar-refractivity contribution in [3.63, 3.8) is 0 Å². The van der Waals surface area contributed by atoms with Crippen LogP contribution in [0.3, 0.4) is 0 Å². The van der Waals surface area contributed by atoms with Crippen LogP contribution in [0.4, 0.5) is 18.9 Å². The summed E-state index contributed by atoms with van der Waals surface area (Å²) in [4.78, 5) is 0. The predicted molar refractivity (Wildman–Crippen MR) is 72.3 cm³/mol. The number of rotatable bonds is 4. The van der Waals surface area contributed by atoms with Crippen LogP contribution >= 0.6 is 21.1 Å². The molecular formula is C12H14ClF3NOP. The fraction of sp³-hybridized carbons (Fsp3) is 0.500. The van der Waals surface area contributed by atoms with Crippen molar-refractivity contribution in [2.45, 2.75) is 24.6 Å². The molecule has 0 amide bonds. The molecule has 1 aromatic carbocycles. The molecule has 0 radical (unpaired) electrons. The molecule has 106 valence electrons. The maximum Gasteiger partial charge on any atom is 0.422 e. The van der Waals surface area contributed by atoms with Crippen LogP contribution in [0.1, 0.15) is 18.4 Å². The number of alkyl halides is 3. The standard InChI is InChI=1S/C12H14ClF3NOP/c1-17-10-5-4-8(13)6-9(10)11(18-19,7-2-3-7)12(14,15)16/h4-7,17H,2-3,19H2,1H3/t11-/m0/s1. The van der Waals surface area contributed by atoms with Gasteiger partial charge in [-0.15, -0.1) is 0 Å². The fourth-order valence-electron chi connectivity index (χ4n) is 2.36. The van der Waals surface area contributed by atoms with Crippen molar-refractivity contribution in [3.8, 4) is 0 Å². The lowest BCUT2D eigenvalue weighted by Gasteiger charge is -2.36. The molecule has 2 rings (SSSR count). The number of hydrogen-bond donors (Lipinski definition) is 1. The van der Waals surface area contributed by atoms with E-state index < -0.39 is 17.7 Å². The van der Waals surface area contributed by atoms with E-state index in [-0.39, 0.29) is 10.6 Å². The molecule has 0 aromatic heterocycles. The van der Waals surface area contributed by atoms with Crippen LogP contribution in [0.2, 0.25) is 5.02 Å². The summed E-state index contributed by atoms with van der Waals surface area (Å²) in [6.07, 6.45) is -3.53. The van der Waals surface area contributed by atoms with E-state index >= 15 is 0 Å². The zero-order chi connectivity index (χ0) is 14.3. The Morgan fingerprint density at radius 3 is 2.42 bits per heavy atom. The van der Waals surface area contributed by atoms with E-state index in [9.17, 15) is 13.2 Å². The van der Waals surface area contributed by atoms with Crippen molar-refractivity contribution < 1.29 is 17.7 Å². The summed E-state index contributed by atoms with van der Waals surface area (Å²) >= 11 is 5.85. The first-order chi connectivity index (χ1) is 8.86. The third-order valence-electron chi connectivity index (χ3n) is 3.41. The maximum absolute atomic E-state index is 13.6. The Balaban J connectivity index is 2.65. The summed E-state index contributed by atoms with van der Waals surface area (Å²) in [6, 6.07) is 4.40. The Hall–Kier alpha value is -0.510. The number of hydrogen-bond acceptors (Lipinski definition) is 2. The van der Waals surface area contributed by atoms with Gasteiger partial charge in [0.1, 0.15) is 0 Å². The van der Waals surface area contributed by atoms with Crippen molar-refractivity contribution in [3.05, 3.63) is 28.8 Å². The SMILES string of the molecule is CNc1ccc(Cl)cc1[C@@](OP)(C1CC1)C(F)(F)F. The van der Waals surface area contributed by atoms with Gasteiger partial charge in [-0.3, -0.25) is 0 Å². The van der Waals surface area contributed by atoms with Crippen molar-refractivity contribution in [2.75, 3.05) is 12.4 Å². The number of anilines is 1. The van der Waals surface area contributed by atoms with Gasteiger partial charge in [0.05, 0.1) is 0 Å². The van der Waals surface area contributed by atoms with Gasteiger partial charge in [0.15, 0.2) is 5.60 Å². The molecule has 2 atom stereocenters. The van der Waals surface area contributed by atoms with Gasteiger partial charge in [-0.1, -0.05) is 11.6 Å². The van der Waals surface area contributed by atoms with Crippen LogP contribution in [-0.4, -0.2) is 13.2 Å². The molecule has 0 saturated heterocycles. The van der Waals surface area contributed by atoms with E-state index in [0.717, 1.165) is 0 Å². The van der Waals surface area contributed by atoms with Crippen LogP contribution < -0.4 is 5.32 Å². The molecule has 0 heterocycles. The highest BCUT2D eigenvalue weighted by Gasteiger charge is 2.65. The van der Waals surface area contributed by atoms with E-state index in [1.54, 1.807) is 22.6 Å². The first-order valence-corrected chi connectivity index (χ1v) is 6.64. The molecule has 0 aliphatic heterocycles. The van der Waals surface area contributed by atoms with Gasteiger partial charge in [0, 0.05) is 38.7 Å². The molecule has 2 nitrogen and oxygen atoms in total. The van der Waals surface area contributed by atoms with Crippen molar-refractivity contribution >= 4 is 26.8 Å². The average Bonchev–Trinajstić information content (AvgIpc) is 3.14. The first kappa shape index (κ1) is 14.9. The molecule has 1 fully saturated rings. The van der Waals surface area contributed by atoms with Gasteiger partial charge < -0.3 is 9.84 Å². The highest BCUT2D eigenvalue weighted by atomic mass is 35.5. The third-order valence-corrected chi connectivity index (χ3v) is 4.02. The van der Waals surface area contributed by atoms with Crippen molar-refractivity contribution in [1.82, 2.24) is 0 Å². The van der Waals surface area contributed by atoms with Gasteiger partial charge in [0.2, 0.25) is 0 Å². The summed E-state index contributed by atoms with van der Waals surface area (Å²) < 4.78 is 45.7. The van der Waals surface area contributed by atoms with E-state index in [4.69, 9.17) is 16.1 Å². The van der Waals surface area contributed by atoms with Gasteiger partial charge >= 0.3 is 6.18 Å². The van der Waals surface area contributed by atoms with Gasteiger partial charge in [0.25, 0.3) is 0 Å². The van der Waals surface area contributed by atoms with Crippen molar-refractivity contribution in [1.29, 1.82) is 0 Å². The summed E-state index contributed by atoms with van der Waals surface area (Å²) in [5.41, 5.74) is -1.91. The smallest absolute Gasteiger partial charge is 0.388 e. The predicted octanol–water partition coefficient (Wildman–Crippen LogP) is 4.36. The molecule has 0 spiro atoms. The molecule has 1 aliphatic rings. The van der Waals surface area contributed by atoms with E-state index in [2.05, 4.69) is 5.32 Å². The summed E-state index contributed by atoms with van der Waals surface area (Å²) in [5.74, 6) is -0.574. The van der Waals surface area contributed by atoms with Crippen LogP contribution in [0.25, 0.3) is 0 Å². The normalized spacial score (nSPS) is 19.1. The number of benzene rings is 1. The Morgan fingerprint density at radius 2 is 2.00 bits per heavy atom. The molecule has 1 aliphatic carbocycles. The van der Waals surface area contributed by atoms with E-state index in [1.165, 1.54) is 12.1 Å². The largest absolute Gasteiger partial charge is 0.422 e. The molecule has 1 unspecified atom stereocenters. The zero-order valence-electron chi connectivity index (χ0n) is 10.2. The molecule has 1 saturated carbocycles. The molecule has 1 N–H and O–H groups in total. The molecule has 19 heavy (non-hydrogen) atoms. The second-order valence-electron chi connectivity index (χ2n) is 4.57. The molecule has 7 heteroatoms. The van der Waals surface area contributed by atoms with Gasteiger partial charge in [-0.05, 0) is 31.0 Å². The van der Waals surface area contributed by atoms with Crippen molar-refractivity contribution in [2.24, 2.45) is 5.92 Å². The Labute approximate surface area is 116 Å². The fourth-order valence-corrected chi connectivity index (χ4v) is 2.99. The summed E-state index contributed by atoms with van der Waals surface area (Å²) in [7, 11) is 3.33.